The number of aryl methyl sites for hydroxylation is 2. The van der Waals surface area contributed by atoms with E-state index in [1.54, 1.807) is 30.3 Å². The number of ether oxygens (including phenoxy) is 2. The van der Waals surface area contributed by atoms with E-state index in [9.17, 15) is 14.4 Å². The maximum atomic E-state index is 12.0. The minimum atomic E-state index is -0.647. The molecule has 7 heteroatoms. The van der Waals surface area contributed by atoms with E-state index >= 15 is 0 Å². The Hall–Kier alpha value is -3.35. The average molecular weight is 384 g/mol. The molecule has 0 heterocycles. The highest BCUT2D eigenvalue weighted by molar-refractivity contribution is 5.97. The Morgan fingerprint density at radius 1 is 1.00 bits per heavy atom. The van der Waals surface area contributed by atoms with Gasteiger partial charge in [-0.2, -0.15) is 0 Å². The lowest BCUT2D eigenvalue weighted by atomic mass is 10.1. The van der Waals surface area contributed by atoms with Crippen molar-refractivity contribution in [2.75, 3.05) is 25.1 Å². The second kappa shape index (κ2) is 10.1. The van der Waals surface area contributed by atoms with Crippen LogP contribution >= 0.6 is 0 Å². The lowest BCUT2D eigenvalue weighted by Gasteiger charge is -2.10. The van der Waals surface area contributed by atoms with Crippen molar-refractivity contribution in [2.45, 2.75) is 20.8 Å². The Morgan fingerprint density at radius 3 is 2.50 bits per heavy atom. The van der Waals surface area contributed by atoms with Crippen LogP contribution < -0.4 is 15.4 Å². The van der Waals surface area contributed by atoms with Crippen LogP contribution in [-0.4, -0.2) is 37.5 Å². The summed E-state index contributed by atoms with van der Waals surface area (Å²) in [6.07, 6.45) is 0. The minimum absolute atomic E-state index is 0.228. The van der Waals surface area contributed by atoms with Crippen LogP contribution in [0.15, 0.2) is 42.5 Å². The van der Waals surface area contributed by atoms with Crippen molar-refractivity contribution in [3.05, 3.63) is 59.2 Å². The number of esters is 1. The van der Waals surface area contributed by atoms with E-state index in [0.29, 0.717) is 23.5 Å². The first kappa shape index (κ1) is 21.0. The smallest absolute Gasteiger partial charge is 0.344 e. The number of carbonyl (C=O) groups is 3. The van der Waals surface area contributed by atoms with E-state index in [1.807, 2.05) is 32.9 Å². The predicted molar refractivity (Wildman–Crippen MR) is 105 cm³/mol. The predicted octanol–water partition coefficient (Wildman–Crippen LogP) is 2.61. The van der Waals surface area contributed by atoms with Crippen LogP contribution in [0.4, 0.5) is 5.69 Å². The molecule has 0 atom stereocenters. The Balaban J connectivity index is 1.79. The quantitative estimate of drug-likeness (QED) is 0.683. The van der Waals surface area contributed by atoms with Crippen LogP contribution in [0.3, 0.4) is 0 Å². The van der Waals surface area contributed by atoms with Crippen LogP contribution in [0, 0.1) is 13.8 Å². The van der Waals surface area contributed by atoms with E-state index < -0.39 is 18.5 Å². The number of hydrogen-bond donors (Lipinski definition) is 2. The van der Waals surface area contributed by atoms with Gasteiger partial charge in [0, 0.05) is 17.8 Å². The zero-order chi connectivity index (χ0) is 20.5. The van der Waals surface area contributed by atoms with E-state index in [1.165, 1.54) is 0 Å². The molecule has 0 bridgehead atoms. The van der Waals surface area contributed by atoms with Crippen LogP contribution in [0.25, 0.3) is 0 Å². The molecule has 0 saturated heterocycles. The number of rotatable bonds is 8. The lowest BCUT2D eigenvalue weighted by molar-refractivity contribution is -0.149. The first-order valence-electron chi connectivity index (χ1n) is 8.93. The SMILES string of the molecule is CCNC(=O)c1cccc(NC(=O)COC(=O)COc2ccc(C)cc2C)c1. The van der Waals surface area contributed by atoms with Crippen molar-refractivity contribution >= 4 is 23.5 Å². The van der Waals surface area contributed by atoms with Crippen molar-refractivity contribution < 1.29 is 23.9 Å². The summed E-state index contributed by atoms with van der Waals surface area (Å²) in [6, 6.07) is 12.1. The number of amides is 2. The third-order valence-electron chi connectivity index (χ3n) is 3.79. The minimum Gasteiger partial charge on any atom is -0.482 e. The number of hydrogen-bond acceptors (Lipinski definition) is 5. The molecule has 148 valence electrons. The van der Waals surface area contributed by atoms with E-state index in [-0.39, 0.29) is 12.5 Å². The highest BCUT2D eigenvalue weighted by atomic mass is 16.6. The second-order valence-electron chi connectivity index (χ2n) is 6.21. The van der Waals surface area contributed by atoms with Gasteiger partial charge in [0.05, 0.1) is 0 Å². The molecule has 0 aliphatic carbocycles. The third-order valence-corrected chi connectivity index (χ3v) is 3.79. The monoisotopic (exact) mass is 384 g/mol. The highest BCUT2D eigenvalue weighted by Gasteiger charge is 2.11. The lowest BCUT2D eigenvalue weighted by Crippen LogP contribution is -2.24. The van der Waals surface area contributed by atoms with Gasteiger partial charge in [-0.1, -0.05) is 23.8 Å². The fourth-order valence-electron chi connectivity index (χ4n) is 2.48. The summed E-state index contributed by atoms with van der Waals surface area (Å²) in [5.41, 5.74) is 2.88. The maximum absolute atomic E-state index is 12.0. The molecule has 2 rings (SSSR count). The van der Waals surface area contributed by atoms with E-state index in [0.717, 1.165) is 11.1 Å². The molecule has 0 aliphatic heterocycles. The summed E-state index contributed by atoms with van der Waals surface area (Å²) >= 11 is 0. The molecule has 0 fully saturated rings. The molecule has 0 radical (unpaired) electrons. The third kappa shape index (κ3) is 6.42. The maximum Gasteiger partial charge on any atom is 0.344 e. The standard InChI is InChI=1S/C21H24N2O5/c1-4-22-21(26)16-6-5-7-17(11-16)23-19(24)12-28-20(25)13-27-18-9-8-14(2)10-15(18)3/h5-11H,4,12-13H2,1-3H3,(H,22,26)(H,23,24). The Labute approximate surface area is 164 Å². The Morgan fingerprint density at radius 2 is 1.79 bits per heavy atom. The van der Waals surface area contributed by atoms with Crippen molar-refractivity contribution in [1.82, 2.24) is 5.32 Å². The van der Waals surface area contributed by atoms with Gasteiger partial charge in [-0.3, -0.25) is 9.59 Å². The second-order valence-corrected chi connectivity index (χ2v) is 6.21. The molecule has 2 N–H and O–H groups in total. The first-order valence-corrected chi connectivity index (χ1v) is 8.93. The molecule has 2 amide bonds. The zero-order valence-electron chi connectivity index (χ0n) is 16.2. The fourth-order valence-corrected chi connectivity index (χ4v) is 2.48. The highest BCUT2D eigenvalue weighted by Crippen LogP contribution is 2.18. The van der Waals surface area contributed by atoms with Gasteiger partial charge in [0.15, 0.2) is 13.2 Å². The Bertz CT molecular complexity index is 864. The van der Waals surface area contributed by atoms with Crippen molar-refractivity contribution in [2.24, 2.45) is 0 Å². The molecular weight excluding hydrogens is 360 g/mol. The average Bonchev–Trinajstić information content (AvgIpc) is 2.66. The summed E-state index contributed by atoms with van der Waals surface area (Å²) in [7, 11) is 0. The molecule has 28 heavy (non-hydrogen) atoms. The van der Waals surface area contributed by atoms with Crippen LogP contribution in [0.2, 0.25) is 0 Å². The van der Waals surface area contributed by atoms with Crippen LogP contribution in [0.5, 0.6) is 5.75 Å². The number of nitrogens with one attached hydrogen (secondary N) is 2. The van der Waals surface area contributed by atoms with Gasteiger partial charge in [0.1, 0.15) is 5.75 Å². The summed E-state index contributed by atoms with van der Waals surface area (Å²) in [4.78, 5) is 35.6. The first-order chi connectivity index (χ1) is 13.4. The van der Waals surface area contributed by atoms with Crippen molar-refractivity contribution in [3.8, 4) is 5.75 Å². The van der Waals surface area contributed by atoms with Crippen LogP contribution in [0.1, 0.15) is 28.4 Å². The molecule has 2 aromatic carbocycles. The molecule has 0 aromatic heterocycles. The van der Waals surface area contributed by atoms with Gasteiger partial charge in [0.2, 0.25) is 0 Å². The van der Waals surface area contributed by atoms with Gasteiger partial charge in [-0.05, 0) is 50.6 Å². The summed E-state index contributed by atoms with van der Waals surface area (Å²) in [6.45, 7) is 5.45. The zero-order valence-corrected chi connectivity index (χ0v) is 16.2. The topological polar surface area (TPSA) is 93.7 Å². The number of benzene rings is 2. The van der Waals surface area contributed by atoms with Crippen molar-refractivity contribution in [1.29, 1.82) is 0 Å². The molecule has 0 spiro atoms. The van der Waals surface area contributed by atoms with Crippen molar-refractivity contribution in [3.63, 3.8) is 0 Å². The molecule has 2 aromatic rings. The van der Waals surface area contributed by atoms with Crippen LogP contribution in [-0.2, 0) is 14.3 Å². The van der Waals surface area contributed by atoms with Gasteiger partial charge >= 0.3 is 5.97 Å². The largest absolute Gasteiger partial charge is 0.482 e. The molecule has 0 unspecified atom stereocenters. The molecular formula is C21H24N2O5. The molecule has 0 saturated carbocycles. The van der Waals surface area contributed by atoms with Gasteiger partial charge in [-0.15, -0.1) is 0 Å². The van der Waals surface area contributed by atoms with E-state index in [2.05, 4.69) is 10.6 Å². The fraction of sp³-hybridized carbons (Fsp3) is 0.286. The van der Waals surface area contributed by atoms with Gasteiger partial charge < -0.3 is 20.1 Å². The number of carbonyl (C=O) groups excluding carboxylic acids is 3. The normalized spacial score (nSPS) is 10.1. The Kier molecular flexibility index (Phi) is 7.56. The molecule has 7 nitrogen and oxygen atoms in total. The van der Waals surface area contributed by atoms with Gasteiger partial charge in [0.25, 0.3) is 11.8 Å². The summed E-state index contributed by atoms with van der Waals surface area (Å²) < 4.78 is 10.3. The number of anilines is 1. The van der Waals surface area contributed by atoms with Gasteiger partial charge in [-0.25, -0.2) is 4.79 Å². The summed E-state index contributed by atoms with van der Waals surface area (Å²) in [5.74, 6) is -0.790. The molecule has 0 aliphatic rings. The van der Waals surface area contributed by atoms with E-state index in [4.69, 9.17) is 9.47 Å². The summed E-state index contributed by atoms with van der Waals surface area (Å²) in [5, 5.41) is 5.27.